The van der Waals surface area contributed by atoms with Gasteiger partial charge in [-0.15, -0.1) is 0 Å². The highest BCUT2D eigenvalue weighted by Gasteiger charge is 2.08. The van der Waals surface area contributed by atoms with Crippen LogP contribution in [0.4, 0.5) is 10.1 Å². The van der Waals surface area contributed by atoms with Gasteiger partial charge >= 0.3 is 0 Å². The molecule has 98 valence electrons. The first-order chi connectivity index (χ1) is 9.10. The van der Waals surface area contributed by atoms with Gasteiger partial charge in [0.05, 0.1) is 12.7 Å². The quantitative estimate of drug-likeness (QED) is 0.923. The van der Waals surface area contributed by atoms with Gasteiger partial charge in [0, 0.05) is 18.0 Å². The second-order valence-electron chi connectivity index (χ2n) is 4.01. The van der Waals surface area contributed by atoms with Crippen LogP contribution in [0, 0.1) is 12.7 Å². The molecule has 0 radical (unpaired) electrons. The van der Waals surface area contributed by atoms with Crippen LogP contribution in [-0.2, 0) is 0 Å². The van der Waals surface area contributed by atoms with Crippen LogP contribution in [0.3, 0.4) is 0 Å². The number of rotatable bonds is 3. The molecule has 1 amide bonds. The van der Waals surface area contributed by atoms with Crippen LogP contribution in [0.1, 0.15) is 15.9 Å². The number of nitrogens with zero attached hydrogens (tertiary/aromatic N) is 1. The highest BCUT2D eigenvalue weighted by Crippen LogP contribution is 2.15. The number of aryl methyl sites for hydroxylation is 1. The van der Waals surface area contributed by atoms with E-state index in [1.807, 2.05) is 0 Å². The molecule has 0 aliphatic rings. The van der Waals surface area contributed by atoms with Crippen molar-refractivity contribution in [1.29, 1.82) is 0 Å². The number of halogens is 1. The summed E-state index contributed by atoms with van der Waals surface area (Å²) in [5.41, 5.74) is 1.31. The van der Waals surface area contributed by atoms with Crippen molar-refractivity contribution in [1.82, 2.24) is 4.98 Å². The summed E-state index contributed by atoms with van der Waals surface area (Å²) in [6.07, 6.45) is 1.40. The number of pyridine rings is 1. The molecule has 19 heavy (non-hydrogen) atoms. The molecule has 0 saturated carbocycles. The van der Waals surface area contributed by atoms with E-state index in [4.69, 9.17) is 4.74 Å². The molecule has 2 rings (SSSR count). The van der Waals surface area contributed by atoms with Crippen LogP contribution < -0.4 is 10.1 Å². The highest BCUT2D eigenvalue weighted by molar-refractivity contribution is 6.04. The van der Waals surface area contributed by atoms with Crippen LogP contribution >= 0.6 is 0 Å². The third-order valence-electron chi connectivity index (χ3n) is 2.64. The Hall–Kier alpha value is -2.43. The zero-order valence-corrected chi connectivity index (χ0v) is 10.6. The summed E-state index contributed by atoms with van der Waals surface area (Å²) in [6.45, 7) is 1.66. The molecule has 0 atom stereocenters. The molecule has 1 N–H and O–H groups in total. The monoisotopic (exact) mass is 260 g/mol. The van der Waals surface area contributed by atoms with Crippen molar-refractivity contribution in [2.45, 2.75) is 6.92 Å². The van der Waals surface area contributed by atoms with Crippen LogP contribution in [0.15, 0.2) is 36.5 Å². The number of methoxy groups -OCH3 is 1. The average Bonchev–Trinajstić information content (AvgIpc) is 2.43. The summed E-state index contributed by atoms with van der Waals surface area (Å²) < 4.78 is 18.3. The van der Waals surface area contributed by atoms with E-state index in [2.05, 4.69) is 10.3 Å². The molecule has 4 nitrogen and oxygen atoms in total. The van der Waals surface area contributed by atoms with Crippen molar-refractivity contribution < 1.29 is 13.9 Å². The molecular formula is C14H13FN2O2. The largest absolute Gasteiger partial charge is 0.481 e. The Morgan fingerprint density at radius 3 is 2.68 bits per heavy atom. The maximum Gasteiger partial charge on any atom is 0.257 e. The van der Waals surface area contributed by atoms with Gasteiger partial charge in [0.1, 0.15) is 5.82 Å². The Morgan fingerprint density at radius 1 is 1.32 bits per heavy atom. The second-order valence-corrected chi connectivity index (χ2v) is 4.01. The number of anilines is 1. The third-order valence-corrected chi connectivity index (χ3v) is 2.64. The number of nitrogens with one attached hydrogen (secondary N) is 1. The van der Waals surface area contributed by atoms with Gasteiger partial charge in [0.2, 0.25) is 5.88 Å². The fourth-order valence-electron chi connectivity index (χ4n) is 1.51. The number of hydrogen-bond donors (Lipinski definition) is 1. The first-order valence-corrected chi connectivity index (χ1v) is 5.67. The minimum Gasteiger partial charge on any atom is -0.481 e. The summed E-state index contributed by atoms with van der Waals surface area (Å²) in [7, 11) is 1.50. The van der Waals surface area contributed by atoms with Gasteiger partial charge in [-0.25, -0.2) is 9.37 Å². The lowest BCUT2D eigenvalue weighted by Gasteiger charge is -2.06. The average molecular weight is 260 g/mol. The van der Waals surface area contributed by atoms with E-state index in [9.17, 15) is 9.18 Å². The number of carbonyl (C=O) groups is 1. The predicted molar refractivity (Wildman–Crippen MR) is 69.9 cm³/mol. The molecule has 0 unspecified atom stereocenters. The lowest BCUT2D eigenvalue weighted by Crippen LogP contribution is -2.12. The molecule has 0 bridgehead atoms. The van der Waals surface area contributed by atoms with Gasteiger partial charge in [-0.1, -0.05) is 6.07 Å². The Kier molecular flexibility index (Phi) is 3.75. The third kappa shape index (κ3) is 3.07. The van der Waals surface area contributed by atoms with E-state index >= 15 is 0 Å². The van der Waals surface area contributed by atoms with Crippen LogP contribution in [0.2, 0.25) is 0 Å². The summed E-state index contributed by atoms with van der Waals surface area (Å²) >= 11 is 0. The van der Waals surface area contributed by atoms with E-state index < -0.39 is 0 Å². The Balaban J connectivity index is 2.13. The predicted octanol–water partition coefficient (Wildman–Crippen LogP) is 2.79. The minimum absolute atomic E-state index is 0.349. The first kappa shape index (κ1) is 13.0. The number of ether oxygens (including phenoxy) is 1. The number of amides is 1. The van der Waals surface area contributed by atoms with Crippen LogP contribution in [0.5, 0.6) is 5.88 Å². The Morgan fingerprint density at radius 2 is 2.11 bits per heavy atom. The normalized spacial score (nSPS) is 10.1. The number of benzene rings is 1. The molecule has 0 saturated heterocycles. The molecule has 2 aromatic rings. The van der Waals surface area contributed by atoms with E-state index in [0.717, 1.165) is 0 Å². The zero-order chi connectivity index (χ0) is 13.8. The molecular weight excluding hydrogens is 247 g/mol. The fraction of sp³-hybridized carbons (Fsp3) is 0.143. The van der Waals surface area contributed by atoms with Gasteiger partial charge < -0.3 is 10.1 Å². The van der Waals surface area contributed by atoms with Crippen molar-refractivity contribution in [3.05, 3.63) is 53.5 Å². The van der Waals surface area contributed by atoms with E-state index in [-0.39, 0.29) is 11.7 Å². The van der Waals surface area contributed by atoms with E-state index in [1.54, 1.807) is 31.2 Å². The van der Waals surface area contributed by atoms with Crippen molar-refractivity contribution in [3.63, 3.8) is 0 Å². The molecule has 0 aliphatic carbocycles. The topological polar surface area (TPSA) is 51.2 Å². The minimum atomic E-state index is -0.356. The maximum atomic E-state index is 13.4. The van der Waals surface area contributed by atoms with Crippen LogP contribution in [-0.4, -0.2) is 18.0 Å². The summed E-state index contributed by atoms with van der Waals surface area (Å²) in [6, 6.07) is 7.71. The molecule has 0 aliphatic heterocycles. The number of carbonyl (C=O) groups excluding carboxylic acids is 1. The van der Waals surface area contributed by atoms with E-state index in [0.29, 0.717) is 22.7 Å². The fourth-order valence-corrected chi connectivity index (χ4v) is 1.51. The van der Waals surface area contributed by atoms with Gasteiger partial charge in [0.15, 0.2) is 0 Å². The molecule has 5 heteroatoms. The highest BCUT2D eigenvalue weighted by atomic mass is 19.1. The van der Waals surface area contributed by atoms with Gasteiger partial charge in [0.25, 0.3) is 5.91 Å². The smallest absolute Gasteiger partial charge is 0.257 e. The van der Waals surface area contributed by atoms with Crippen LogP contribution in [0.25, 0.3) is 0 Å². The molecule has 1 aromatic carbocycles. The summed E-state index contributed by atoms with van der Waals surface area (Å²) in [5, 5.41) is 2.60. The SMILES string of the molecule is COc1ccc(C(=O)Nc2ccc(C)c(F)c2)cn1. The molecule has 1 aromatic heterocycles. The first-order valence-electron chi connectivity index (χ1n) is 5.67. The van der Waals surface area contributed by atoms with Crippen molar-refractivity contribution in [3.8, 4) is 5.88 Å². The van der Waals surface area contributed by atoms with Crippen molar-refractivity contribution in [2.24, 2.45) is 0 Å². The lowest BCUT2D eigenvalue weighted by atomic mass is 10.2. The number of hydrogen-bond acceptors (Lipinski definition) is 3. The summed E-state index contributed by atoms with van der Waals surface area (Å²) in [4.78, 5) is 15.8. The maximum absolute atomic E-state index is 13.4. The Labute approximate surface area is 110 Å². The van der Waals surface area contributed by atoms with Gasteiger partial charge in [-0.3, -0.25) is 4.79 Å². The zero-order valence-electron chi connectivity index (χ0n) is 10.6. The Bertz CT molecular complexity index is 597. The van der Waals surface area contributed by atoms with Gasteiger partial charge in [-0.2, -0.15) is 0 Å². The lowest BCUT2D eigenvalue weighted by molar-refractivity contribution is 0.102. The molecule has 0 fully saturated rings. The molecule has 0 spiro atoms. The number of aromatic nitrogens is 1. The van der Waals surface area contributed by atoms with Crippen molar-refractivity contribution >= 4 is 11.6 Å². The second kappa shape index (κ2) is 5.48. The standard InChI is InChI=1S/C14H13FN2O2/c1-9-3-5-11(7-12(9)15)17-14(18)10-4-6-13(19-2)16-8-10/h3-8H,1-2H3,(H,17,18). The van der Waals surface area contributed by atoms with Crippen molar-refractivity contribution in [2.75, 3.05) is 12.4 Å². The van der Waals surface area contributed by atoms with E-state index in [1.165, 1.54) is 19.4 Å². The summed E-state index contributed by atoms with van der Waals surface area (Å²) in [5.74, 6) is -0.276. The van der Waals surface area contributed by atoms with Gasteiger partial charge in [-0.05, 0) is 30.7 Å². The molecule has 1 heterocycles.